The summed E-state index contributed by atoms with van der Waals surface area (Å²) in [5.74, 6) is -0.241. The molecule has 2 heterocycles. The van der Waals surface area contributed by atoms with Crippen LogP contribution in [-0.2, 0) is 17.6 Å². The predicted octanol–water partition coefficient (Wildman–Crippen LogP) is 4.76. The van der Waals surface area contributed by atoms with Crippen molar-refractivity contribution < 1.29 is 9.53 Å². The van der Waals surface area contributed by atoms with Crippen molar-refractivity contribution in [2.24, 2.45) is 0 Å². The number of hydrogen-bond acceptors (Lipinski definition) is 4. The van der Waals surface area contributed by atoms with Crippen molar-refractivity contribution in [3.05, 3.63) is 16.0 Å². The highest BCUT2D eigenvalue weighted by molar-refractivity contribution is 7.80. The molecule has 0 spiro atoms. The van der Waals surface area contributed by atoms with Crippen LogP contribution in [0.1, 0.15) is 72.7 Å². The molecule has 1 unspecified atom stereocenters. The average molecular weight is 381 g/mol. The van der Waals surface area contributed by atoms with Gasteiger partial charge in [0.1, 0.15) is 5.00 Å². The van der Waals surface area contributed by atoms with Crippen LogP contribution in [0, 0.1) is 0 Å². The molecular weight excluding hydrogens is 352 g/mol. The number of piperidine rings is 1. The molecule has 1 aromatic heterocycles. The fraction of sp³-hybridized carbons (Fsp3) is 0.684. The van der Waals surface area contributed by atoms with Crippen LogP contribution in [0.2, 0.25) is 0 Å². The molecule has 0 bridgehead atoms. The number of carbonyl (C=O) groups excluding carboxylic acids is 1. The fourth-order valence-corrected chi connectivity index (χ4v) is 5.61. The molecule has 0 aromatic carbocycles. The molecule has 138 valence electrons. The van der Waals surface area contributed by atoms with E-state index < -0.39 is 0 Å². The highest BCUT2D eigenvalue weighted by Gasteiger charge is 2.27. The Morgan fingerprint density at radius 1 is 1.20 bits per heavy atom. The van der Waals surface area contributed by atoms with E-state index in [2.05, 4.69) is 17.1 Å². The summed E-state index contributed by atoms with van der Waals surface area (Å²) in [6.45, 7) is 3.22. The SMILES string of the molecule is COC(=O)c1c(NC(=S)N2CCCCC2C)sc2c1CCCCCC2. The molecule has 0 amide bonds. The Bertz CT molecular complexity index is 642. The number of methoxy groups -OCH3 is 1. The predicted molar refractivity (Wildman–Crippen MR) is 108 cm³/mol. The van der Waals surface area contributed by atoms with Gasteiger partial charge in [0.15, 0.2) is 5.11 Å². The first-order chi connectivity index (χ1) is 12.1. The molecule has 0 saturated carbocycles. The number of carbonyl (C=O) groups is 1. The minimum atomic E-state index is -0.241. The van der Waals surface area contributed by atoms with Gasteiger partial charge in [-0.3, -0.25) is 0 Å². The fourth-order valence-electron chi connectivity index (χ4n) is 3.89. The van der Waals surface area contributed by atoms with E-state index in [1.807, 2.05) is 0 Å². The zero-order chi connectivity index (χ0) is 17.8. The van der Waals surface area contributed by atoms with Crippen LogP contribution >= 0.6 is 23.6 Å². The Kier molecular flexibility index (Phi) is 6.34. The molecule has 1 saturated heterocycles. The Morgan fingerprint density at radius 3 is 2.68 bits per heavy atom. The first-order valence-electron chi connectivity index (χ1n) is 9.42. The van der Waals surface area contributed by atoms with Gasteiger partial charge in [0, 0.05) is 17.5 Å². The first-order valence-corrected chi connectivity index (χ1v) is 10.6. The number of ether oxygens (including phenoxy) is 1. The van der Waals surface area contributed by atoms with Crippen LogP contribution in [0.5, 0.6) is 0 Å². The lowest BCUT2D eigenvalue weighted by Crippen LogP contribution is -2.44. The van der Waals surface area contributed by atoms with Gasteiger partial charge in [-0.2, -0.15) is 0 Å². The molecule has 1 fully saturated rings. The smallest absolute Gasteiger partial charge is 0.341 e. The normalized spacial score (nSPS) is 21.0. The monoisotopic (exact) mass is 380 g/mol. The lowest BCUT2D eigenvalue weighted by molar-refractivity contribution is 0.0601. The van der Waals surface area contributed by atoms with Gasteiger partial charge < -0.3 is 15.0 Å². The van der Waals surface area contributed by atoms with Gasteiger partial charge in [-0.05, 0) is 69.7 Å². The number of thiophene rings is 1. The maximum atomic E-state index is 12.5. The number of nitrogens with one attached hydrogen (secondary N) is 1. The van der Waals surface area contributed by atoms with E-state index in [0.717, 1.165) is 41.5 Å². The van der Waals surface area contributed by atoms with E-state index in [-0.39, 0.29) is 5.97 Å². The molecule has 3 rings (SSSR count). The second-order valence-corrected chi connectivity index (χ2v) is 8.57. The molecule has 2 aliphatic rings. The van der Waals surface area contributed by atoms with E-state index >= 15 is 0 Å². The summed E-state index contributed by atoms with van der Waals surface area (Å²) in [7, 11) is 1.46. The lowest BCUT2D eigenvalue weighted by atomic mass is 9.96. The van der Waals surface area contributed by atoms with Gasteiger partial charge in [0.05, 0.1) is 12.7 Å². The summed E-state index contributed by atoms with van der Waals surface area (Å²) < 4.78 is 5.09. The van der Waals surface area contributed by atoms with Crippen molar-refractivity contribution in [1.82, 2.24) is 4.90 Å². The third kappa shape index (κ3) is 4.17. The third-order valence-corrected chi connectivity index (χ3v) is 6.89. The molecule has 1 N–H and O–H groups in total. The van der Waals surface area contributed by atoms with Crippen LogP contribution in [-0.4, -0.2) is 35.7 Å². The highest BCUT2D eigenvalue weighted by atomic mass is 32.1. The Labute approximate surface area is 159 Å². The number of aryl methyl sites for hydroxylation is 1. The Morgan fingerprint density at radius 2 is 1.96 bits per heavy atom. The summed E-state index contributed by atoms with van der Waals surface area (Å²) in [6, 6.07) is 0.455. The van der Waals surface area contributed by atoms with Gasteiger partial charge in [-0.1, -0.05) is 12.8 Å². The molecular formula is C19H28N2O2S2. The van der Waals surface area contributed by atoms with Crippen LogP contribution in [0.4, 0.5) is 5.00 Å². The standard InChI is InChI=1S/C19H28N2O2S2/c1-13-9-7-8-12-21(13)19(24)20-17-16(18(22)23-2)14-10-5-3-4-6-11-15(14)25-17/h13H,3-12H2,1-2H3,(H,20,24). The van der Waals surface area contributed by atoms with Crippen molar-refractivity contribution >= 4 is 39.6 Å². The molecule has 1 aromatic rings. The van der Waals surface area contributed by atoms with Gasteiger partial charge in [0.2, 0.25) is 0 Å². The number of rotatable bonds is 2. The molecule has 1 atom stereocenters. The van der Waals surface area contributed by atoms with Gasteiger partial charge >= 0.3 is 5.97 Å². The van der Waals surface area contributed by atoms with Gasteiger partial charge in [0.25, 0.3) is 0 Å². The minimum Gasteiger partial charge on any atom is -0.465 e. The summed E-state index contributed by atoms with van der Waals surface area (Å²) in [4.78, 5) is 16.1. The summed E-state index contributed by atoms with van der Waals surface area (Å²) >= 11 is 7.37. The van der Waals surface area contributed by atoms with Crippen LogP contribution < -0.4 is 5.32 Å². The quantitative estimate of drug-likeness (QED) is 0.591. The number of hydrogen-bond donors (Lipinski definition) is 1. The number of nitrogens with zero attached hydrogens (tertiary/aromatic N) is 1. The maximum Gasteiger partial charge on any atom is 0.341 e. The van der Waals surface area contributed by atoms with Gasteiger partial charge in [-0.25, -0.2) is 4.79 Å². The number of likely N-dealkylation sites (tertiary alicyclic amines) is 1. The topological polar surface area (TPSA) is 41.6 Å². The van der Waals surface area contributed by atoms with E-state index in [1.54, 1.807) is 11.3 Å². The molecule has 4 nitrogen and oxygen atoms in total. The lowest BCUT2D eigenvalue weighted by Gasteiger charge is -2.35. The second kappa shape index (κ2) is 8.49. The van der Waals surface area contributed by atoms with Crippen molar-refractivity contribution in [2.45, 2.75) is 70.8 Å². The van der Waals surface area contributed by atoms with E-state index in [1.165, 1.54) is 56.1 Å². The molecule has 1 aliphatic carbocycles. The highest BCUT2D eigenvalue weighted by Crippen LogP contribution is 2.38. The number of fused-ring (bicyclic) bond motifs is 1. The van der Waals surface area contributed by atoms with Crippen LogP contribution in [0.15, 0.2) is 0 Å². The minimum absolute atomic E-state index is 0.241. The average Bonchev–Trinajstić information content (AvgIpc) is 2.91. The van der Waals surface area contributed by atoms with Crippen molar-refractivity contribution in [3.63, 3.8) is 0 Å². The summed E-state index contributed by atoms with van der Waals surface area (Å²) in [5.41, 5.74) is 1.91. The van der Waals surface area contributed by atoms with E-state index in [0.29, 0.717) is 6.04 Å². The van der Waals surface area contributed by atoms with E-state index in [9.17, 15) is 4.79 Å². The summed E-state index contributed by atoms with van der Waals surface area (Å²) in [6.07, 6.45) is 10.5. The second-order valence-electron chi connectivity index (χ2n) is 7.08. The molecule has 0 radical (unpaired) electrons. The number of esters is 1. The zero-order valence-corrected chi connectivity index (χ0v) is 16.9. The zero-order valence-electron chi connectivity index (χ0n) is 15.2. The third-order valence-electron chi connectivity index (χ3n) is 5.35. The van der Waals surface area contributed by atoms with Gasteiger partial charge in [-0.15, -0.1) is 11.3 Å². The van der Waals surface area contributed by atoms with Crippen molar-refractivity contribution in [1.29, 1.82) is 0 Å². The summed E-state index contributed by atoms with van der Waals surface area (Å²) in [5, 5.41) is 5.02. The maximum absolute atomic E-state index is 12.5. The first kappa shape index (κ1) is 18.6. The number of thiocarbonyl (C=S) groups is 1. The molecule has 1 aliphatic heterocycles. The van der Waals surface area contributed by atoms with Crippen molar-refractivity contribution in [3.8, 4) is 0 Å². The van der Waals surface area contributed by atoms with E-state index in [4.69, 9.17) is 17.0 Å². The largest absolute Gasteiger partial charge is 0.465 e. The number of anilines is 1. The van der Waals surface area contributed by atoms with Crippen LogP contribution in [0.3, 0.4) is 0 Å². The Hall–Kier alpha value is -1.14. The molecule has 6 heteroatoms. The van der Waals surface area contributed by atoms with Crippen molar-refractivity contribution in [2.75, 3.05) is 19.0 Å². The van der Waals surface area contributed by atoms with Crippen LogP contribution in [0.25, 0.3) is 0 Å². The Balaban J connectivity index is 1.87. The molecule has 25 heavy (non-hydrogen) atoms.